The Balaban J connectivity index is 1.21. The Morgan fingerprint density at radius 1 is 0.872 bits per heavy atom. The molecule has 0 radical (unpaired) electrons. The van der Waals surface area contributed by atoms with Crippen LogP contribution in [0.4, 0.5) is 15.9 Å². The molecule has 192 valence electrons. The summed E-state index contributed by atoms with van der Waals surface area (Å²) in [5, 5.41) is 4.68. The fourth-order valence-corrected chi connectivity index (χ4v) is 4.58. The number of pyridine rings is 1. The number of halogens is 2. The molecule has 8 heteroatoms. The van der Waals surface area contributed by atoms with E-state index in [4.69, 9.17) is 16.3 Å². The number of anilines is 2. The van der Waals surface area contributed by atoms with Gasteiger partial charge in [0, 0.05) is 29.7 Å². The Morgan fingerprint density at radius 3 is 2.67 bits per heavy atom. The molecule has 3 aromatic carbocycles. The van der Waals surface area contributed by atoms with E-state index in [0.717, 1.165) is 39.0 Å². The van der Waals surface area contributed by atoms with Crippen molar-refractivity contribution in [2.75, 3.05) is 5.32 Å². The molecular formula is C31H23ClFN5O. The van der Waals surface area contributed by atoms with Gasteiger partial charge < -0.3 is 14.6 Å². The van der Waals surface area contributed by atoms with Crippen molar-refractivity contribution in [3.05, 3.63) is 132 Å². The maximum absolute atomic E-state index is 13.4. The zero-order valence-electron chi connectivity index (χ0n) is 20.8. The van der Waals surface area contributed by atoms with Gasteiger partial charge in [0.25, 0.3) is 0 Å². The SMILES string of the molecule is Fc1cccc(COc2ccc(Nc3ncnc4ccc(-c5ccn(Cc6ccccn6)c5)cc34)cc2Cl)c1. The maximum Gasteiger partial charge on any atom is 0.141 e. The summed E-state index contributed by atoms with van der Waals surface area (Å²) in [7, 11) is 0. The van der Waals surface area contributed by atoms with E-state index < -0.39 is 0 Å². The van der Waals surface area contributed by atoms with Gasteiger partial charge in [0.2, 0.25) is 0 Å². The molecule has 0 amide bonds. The van der Waals surface area contributed by atoms with Crippen LogP contribution in [0.25, 0.3) is 22.0 Å². The molecule has 1 N–H and O–H groups in total. The Labute approximate surface area is 229 Å². The van der Waals surface area contributed by atoms with E-state index in [9.17, 15) is 4.39 Å². The summed E-state index contributed by atoms with van der Waals surface area (Å²) in [5.74, 6) is 0.875. The van der Waals surface area contributed by atoms with Crippen molar-refractivity contribution in [1.82, 2.24) is 19.5 Å². The normalized spacial score (nSPS) is 11.0. The van der Waals surface area contributed by atoms with Crippen molar-refractivity contribution >= 4 is 34.0 Å². The highest BCUT2D eigenvalue weighted by Gasteiger charge is 2.10. The highest BCUT2D eigenvalue weighted by molar-refractivity contribution is 6.32. The Bertz CT molecular complexity index is 1760. The summed E-state index contributed by atoms with van der Waals surface area (Å²) in [6.07, 6.45) is 7.49. The van der Waals surface area contributed by atoms with Crippen LogP contribution in [0, 0.1) is 5.82 Å². The van der Waals surface area contributed by atoms with Crippen molar-refractivity contribution < 1.29 is 9.13 Å². The summed E-state index contributed by atoms with van der Waals surface area (Å²) < 4.78 is 21.4. The summed E-state index contributed by atoms with van der Waals surface area (Å²) >= 11 is 6.50. The number of ether oxygens (including phenoxy) is 1. The van der Waals surface area contributed by atoms with Gasteiger partial charge in [0.05, 0.1) is 22.8 Å². The van der Waals surface area contributed by atoms with Crippen LogP contribution < -0.4 is 10.1 Å². The lowest BCUT2D eigenvalue weighted by Crippen LogP contribution is -1.99. The van der Waals surface area contributed by atoms with Gasteiger partial charge in [-0.1, -0.05) is 35.9 Å². The molecule has 6 nitrogen and oxygen atoms in total. The molecule has 0 atom stereocenters. The lowest BCUT2D eigenvalue weighted by molar-refractivity contribution is 0.306. The molecule has 39 heavy (non-hydrogen) atoms. The largest absolute Gasteiger partial charge is 0.487 e. The van der Waals surface area contributed by atoms with E-state index in [1.165, 1.54) is 18.5 Å². The quantitative estimate of drug-likeness (QED) is 0.217. The third-order valence-corrected chi connectivity index (χ3v) is 6.56. The van der Waals surface area contributed by atoms with Gasteiger partial charge >= 0.3 is 0 Å². The van der Waals surface area contributed by atoms with Crippen LogP contribution in [0.3, 0.4) is 0 Å². The molecule has 0 fully saturated rings. The minimum Gasteiger partial charge on any atom is -0.487 e. The average molecular weight is 536 g/mol. The predicted molar refractivity (Wildman–Crippen MR) is 152 cm³/mol. The molecule has 0 aliphatic carbocycles. The molecule has 3 aromatic heterocycles. The highest BCUT2D eigenvalue weighted by atomic mass is 35.5. The molecule has 6 rings (SSSR count). The second-order valence-corrected chi connectivity index (χ2v) is 9.44. The lowest BCUT2D eigenvalue weighted by Gasteiger charge is -2.12. The van der Waals surface area contributed by atoms with Crippen LogP contribution in [-0.4, -0.2) is 19.5 Å². The summed E-state index contributed by atoms with van der Waals surface area (Å²) in [5.41, 5.74) is 5.45. The van der Waals surface area contributed by atoms with Crippen molar-refractivity contribution in [3.63, 3.8) is 0 Å². The third-order valence-electron chi connectivity index (χ3n) is 6.27. The summed E-state index contributed by atoms with van der Waals surface area (Å²) in [4.78, 5) is 13.3. The topological polar surface area (TPSA) is 64.9 Å². The monoisotopic (exact) mass is 535 g/mol. The number of hydrogen-bond acceptors (Lipinski definition) is 5. The Hall–Kier alpha value is -4.75. The predicted octanol–water partition coefficient (Wildman–Crippen LogP) is 7.66. The number of nitrogens with zero attached hydrogens (tertiary/aromatic N) is 4. The minimum atomic E-state index is -0.302. The van der Waals surface area contributed by atoms with Crippen LogP contribution in [0.1, 0.15) is 11.3 Å². The molecular weight excluding hydrogens is 513 g/mol. The zero-order chi connectivity index (χ0) is 26.6. The van der Waals surface area contributed by atoms with Crippen LogP contribution in [0.15, 0.2) is 110 Å². The fourth-order valence-electron chi connectivity index (χ4n) is 4.34. The lowest BCUT2D eigenvalue weighted by atomic mass is 10.1. The first-order valence-corrected chi connectivity index (χ1v) is 12.7. The number of fused-ring (bicyclic) bond motifs is 1. The smallest absolute Gasteiger partial charge is 0.141 e. The van der Waals surface area contributed by atoms with Crippen molar-refractivity contribution in [1.29, 1.82) is 0 Å². The first-order chi connectivity index (χ1) is 19.1. The van der Waals surface area contributed by atoms with Crippen LogP contribution in [0.2, 0.25) is 5.02 Å². The van der Waals surface area contributed by atoms with Crippen LogP contribution in [0.5, 0.6) is 5.75 Å². The molecule has 0 aliphatic rings. The number of benzene rings is 3. The Morgan fingerprint density at radius 2 is 1.82 bits per heavy atom. The third kappa shape index (κ3) is 5.73. The molecule has 3 heterocycles. The van der Waals surface area contributed by atoms with Crippen LogP contribution in [-0.2, 0) is 13.2 Å². The number of rotatable bonds is 8. The van der Waals surface area contributed by atoms with E-state index >= 15 is 0 Å². The molecule has 0 spiro atoms. The number of hydrogen-bond donors (Lipinski definition) is 1. The second-order valence-electron chi connectivity index (χ2n) is 9.04. The maximum atomic E-state index is 13.4. The first-order valence-electron chi connectivity index (χ1n) is 12.4. The van der Waals surface area contributed by atoms with Crippen LogP contribution >= 0.6 is 11.6 Å². The molecule has 0 aliphatic heterocycles. The molecule has 0 saturated carbocycles. The number of nitrogens with one attached hydrogen (secondary N) is 1. The second kappa shape index (κ2) is 10.9. The highest BCUT2D eigenvalue weighted by Crippen LogP contribution is 2.32. The standard InChI is InChI=1S/C31H23ClFN5O/c32-28-16-25(8-10-30(28)39-19-21-4-3-5-24(33)14-21)37-31-27-15-22(7-9-29(27)35-20-36-31)23-11-13-38(17-23)18-26-6-1-2-12-34-26/h1-17,20H,18-19H2,(H,35,36,37). The van der Waals surface area contributed by atoms with Gasteiger partial charge in [-0.3, -0.25) is 4.98 Å². The molecule has 6 aromatic rings. The molecule has 0 saturated heterocycles. The van der Waals surface area contributed by atoms with E-state index in [1.54, 1.807) is 30.5 Å². The summed E-state index contributed by atoms with van der Waals surface area (Å²) in [6.45, 7) is 0.917. The zero-order valence-corrected chi connectivity index (χ0v) is 21.5. The van der Waals surface area contributed by atoms with Gasteiger partial charge in [-0.25, -0.2) is 14.4 Å². The van der Waals surface area contributed by atoms with Gasteiger partial charge in [-0.05, 0) is 77.4 Å². The average Bonchev–Trinajstić information content (AvgIpc) is 3.42. The van der Waals surface area contributed by atoms with Gasteiger partial charge in [0.1, 0.15) is 30.3 Å². The number of aromatic nitrogens is 4. The summed E-state index contributed by atoms with van der Waals surface area (Å²) in [6, 6.07) is 25.8. The van der Waals surface area contributed by atoms with E-state index in [-0.39, 0.29) is 12.4 Å². The molecule has 0 bridgehead atoms. The fraction of sp³-hybridized carbons (Fsp3) is 0.0645. The van der Waals surface area contributed by atoms with E-state index in [1.807, 2.05) is 30.3 Å². The van der Waals surface area contributed by atoms with Gasteiger partial charge in [-0.15, -0.1) is 0 Å². The minimum absolute atomic E-state index is 0.215. The van der Waals surface area contributed by atoms with E-state index in [2.05, 4.69) is 55.4 Å². The van der Waals surface area contributed by atoms with Crippen molar-refractivity contribution in [3.8, 4) is 16.9 Å². The first kappa shape index (κ1) is 24.6. The van der Waals surface area contributed by atoms with Gasteiger partial charge in [-0.2, -0.15) is 0 Å². The van der Waals surface area contributed by atoms with Crippen molar-refractivity contribution in [2.45, 2.75) is 13.2 Å². The molecule has 0 unspecified atom stereocenters. The van der Waals surface area contributed by atoms with Crippen molar-refractivity contribution in [2.24, 2.45) is 0 Å². The van der Waals surface area contributed by atoms with Gasteiger partial charge in [0.15, 0.2) is 0 Å². The van der Waals surface area contributed by atoms with E-state index in [0.29, 0.717) is 23.1 Å². The Kier molecular flexibility index (Phi) is 6.89.